The van der Waals surface area contributed by atoms with E-state index in [9.17, 15) is 0 Å². The van der Waals surface area contributed by atoms with Crippen LogP contribution >= 0.6 is 0 Å². The third kappa shape index (κ3) is 6.29. The van der Waals surface area contributed by atoms with Crippen molar-refractivity contribution in [1.82, 2.24) is 0 Å². The third-order valence-corrected chi connectivity index (χ3v) is 2.09. The van der Waals surface area contributed by atoms with Crippen molar-refractivity contribution in [3.63, 3.8) is 0 Å². The number of quaternary nitrogens is 1. The van der Waals surface area contributed by atoms with Crippen LogP contribution in [0.1, 0.15) is 31.9 Å². The van der Waals surface area contributed by atoms with Gasteiger partial charge in [-0.1, -0.05) is 45.0 Å². The molecule has 0 saturated heterocycles. The van der Waals surface area contributed by atoms with Crippen molar-refractivity contribution in [3.05, 3.63) is 35.4 Å². The van der Waals surface area contributed by atoms with E-state index in [1.165, 1.54) is 11.1 Å². The molecule has 0 fully saturated rings. The Morgan fingerprint density at radius 3 is 1.60 bits per heavy atom. The third-order valence-electron chi connectivity index (χ3n) is 2.09. The summed E-state index contributed by atoms with van der Waals surface area (Å²) in [5.74, 6) is 0. The van der Waals surface area contributed by atoms with Gasteiger partial charge in [-0.2, -0.15) is 0 Å². The van der Waals surface area contributed by atoms with Crippen LogP contribution in [0.3, 0.4) is 0 Å². The van der Waals surface area contributed by atoms with Gasteiger partial charge in [-0.25, -0.2) is 0 Å². The fourth-order valence-corrected chi connectivity index (χ4v) is 1.43. The number of hydrogen-bond donors (Lipinski definition) is 0. The highest BCUT2D eigenvalue weighted by Gasteiger charge is 2.07. The molecule has 1 aromatic carbocycles. The lowest BCUT2D eigenvalue weighted by Gasteiger charge is -2.23. The topological polar surface area (TPSA) is 0 Å². The molecule has 0 bridgehead atoms. The van der Waals surface area contributed by atoms with E-state index in [0.29, 0.717) is 0 Å². The lowest BCUT2D eigenvalue weighted by molar-refractivity contribution is -0.884. The van der Waals surface area contributed by atoms with Gasteiger partial charge in [0.25, 0.3) is 0 Å². The molecule has 15 heavy (non-hydrogen) atoms. The van der Waals surface area contributed by atoms with Crippen LogP contribution in [-0.2, 0) is 13.0 Å². The van der Waals surface area contributed by atoms with Gasteiger partial charge in [0.1, 0.15) is 6.54 Å². The summed E-state index contributed by atoms with van der Waals surface area (Å²) in [7, 11) is 6.65. The van der Waals surface area contributed by atoms with Crippen molar-refractivity contribution in [2.75, 3.05) is 21.1 Å². The van der Waals surface area contributed by atoms with E-state index in [2.05, 4.69) is 52.3 Å². The largest absolute Gasteiger partial charge is 0.327 e. The van der Waals surface area contributed by atoms with Crippen LogP contribution in [0.25, 0.3) is 0 Å². The summed E-state index contributed by atoms with van der Waals surface area (Å²) in [6.07, 6.45) is 1.13. The van der Waals surface area contributed by atoms with Crippen LogP contribution in [0.5, 0.6) is 0 Å². The molecular formula is C14H26N+. The Kier molecular flexibility index (Phi) is 6.26. The number of hydrogen-bond acceptors (Lipinski definition) is 0. The molecule has 0 aliphatic heterocycles. The second-order valence-electron chi connectivity index (χ2n) is 4.62. The predicted molar refractivity (Wildman–Crippen MR) is 68.9 cm³/mol. The first-order valence-corrected chi connectivity index (χ1v) is 5.89. The van der Waals surface area contributed by atoms with E-state index < -0.39 is 0 Å². The highest BCUT2D eigenvalue weighted by Crippen LogP contribution is 2.09. The number of benzene rings is 1. The van der Waals surface area contributed by atoms with Crippen LogP contribution in [-0.4, -0.2) is 25.6 Å². The highest BCUT2D eigenvalue weighted by molar-refractivity contribution is 5.21. The number of rotatable bonds is 3. The summed E-state index contributed by atoms with van der Waals surface area (Å²) in [5, 5.41) is 0. The summed E-state index contributed by atoms with van der Waals surface area (Å²) in [5.41, 5.74) is 2.84. The predicted octanol–water partition coefficient (Wildman–Crippen LogP) is 3.48. The Labute approximate surface area is 95.3 Å². The van der Waals surface area contributed by atoms with Gasteiger partial charge >= 0.3 is 0 Å². The minimum atomic E-state index is 0.992. The molecule has 0 heterocycles. The monoisotopic (exact) mass is 208 g/mol. The van der Waals surface area contributed by atoms with Crippen LogP contribution < -0.4 is 0 Å². The van der Waals surface area contributed by atoms with Crippen LogP contribution in [0, 0.1) is 0 Å². The molecule has 0 aliphatic rings. The van der Waals surface area contributed by atoms with Crippen LogP contribution in [0.2, 0.25) is 0 Å². The Balaban J connectivity index is 0.000000921. The summed E-state index contributed by atoms with van der Waals surface area (Å²) in [6.45, 7) is 7.29. The van der Waals surface area contributed by atoms with Crippen LogP contribution in [0.4, 0.5) is 0 Å². The fraction of sp³-hybridized carbons (Fsp3) is 0.571. The molecule has 0 atom stereocenters. The van der Waals surface area contributed by atoms with Gasteiger partial charge in [-0.15, -0.1) is 0 Å². The second-order valence-corrected chi connectivity index (χ2v) is 4.62. The van der Waals surface area contributed by atoms with Gasteiger partial charge in [0.2, 0.25) is 0 Å². The van der Waals surface area contributed by atoms with Gasteiger partial charge in [-0.3, -0.25) is 0 Å². The highest BCUT2D eigenvalue weighted by atomic mass is 15.3. The molecular weight excluding hydrogens is 182 g/mol. The molecule has 1 nitrogen and oxygen atoms in total. The van der Waals surface area contributed by atoms with Crippen molar-refractivity contribution in [3.8, 4) is 0 Å². The van der Waals surface area contributed by atoms with E-state index in [4.69, 9.17) is 0 Å². The molecule has 0 N–H and O–H groups in total. The van der Waals surface area contributed by atoms with Crippen LogP contribution in [0.15, 0.2) is 24.3 Å². The van der Waals surface area contributed by atoms with Crippen molar-refractivity contribution < 1.29 is 4.48 Å². The zero-order valence-electron chi connectivity index (χ0n) is 11.2. The van der Waals surface area contributed by atoms with Gasteiger partial charge in [0.05, 0.1) is 21.1 Å². The molecule has 0 unspecified atom stereocenters. The standard InChI is InChI=1S/C12H20N.C2H6/c1-5-11-6-8-12(9-7-11)10-13(2,3)4;1-2/h6-9H,5,10H2,1-4H3;1-2H3/q+1;. The van der Waals surface area contributed by atoms with Crippen molar-refractivity contribution >= 4 is 0 Å². The van der Waals surface area contributed by atoms with Crippen molar-refractivity contribution in [1.29, 1.82) is 0 Å². The molecule has 0 saturated carbocycles. The molecule has 0 amide bonds. The van der Waals surface area contributed by atoms with Crippen molar-refractivity contribution in [2.24, 2.45) is 0 Å². The Bertz CT molecular complexity index is 254. The minimum Gasteiger partial charge on any atom is -0.327 e. The maximum absolute atomic E-state index is 2.24. The first kappa shape index (κ1) is 14.2. The zero-order chi connectivity index (χ0) is 11.9. The first-order chi connectivity index (χ1) is 7.01. The Morgan fingerprint density at radius 2 is 1.27 bits per heavy atom. The minimum absolute atomic E-state index is 0.992. The molecule has 86 valence electrons. The summed E-state index contributed by atoms with van der Waals surface area (Å²) in [4.78, 5) is 0. The lowest BCUT2D eigenvalue weighted by Crippen LogP contribution is -2.33. The zero-order valence-corrected chi connectivity index (χ0v) is 11.2. The van der Waals surface area contributed by atoms with Gasteiger partial charge < -0.3 is 4.48 Å². The SMILES string of the molecule is CC.CCc1ccc(C[N+](C)(C)C)cc1. The fourth-order valence-electron chi connectivity index (χ4n) is 1.43. The molecule has 1 rings (SSSR count). The quantitative estimate of drug-likeness (QED) is 0.667. The second kappa shape index (κ2) is 6.62. The van der Waals surface area contributed by atoms with E-state index in [1.54, 1.807) is 0 Å². The molecule has 0 aliphatic carbocycles. The number of aryl methyl sites for hydroxylation is 1. The van der Waals surface area contributed by atoms with E-state index in [-0.39, 0.29) is 0 Å². The van der Waals surface area contributed by atoms with Gasteiger partial charge in [0.15, 0.2) is 0 Å². The maximum atomic E-state index is 2.24. The normalized spacial score (nSPS) is 10.5. The molecule has 1 heteroatoms. The average molecular weight is 208 g/mol. The number of nitrogens with zero attached hydrogens (tertiary/aromatic N) is 1. The molecule has 0 aromatic heterocycles. The first-order valence-electron chi connectivity index (χ1n) is 5.89. The summed E-state index contributed by atoms with van der Waals surface area (Å²) < 4.78 is 0.992. The Hall–Kier alpha value is -0.820. The summed E-state index contributed by atoms with van der Waals surface area (Å²) in [6, 6.07) is 8.93. The van der Waals surface area contributed by atoms with Crippen molar-refractivity contribution in [2.45, 2.75) is 33.7 Å². The molecule has 1 aromatic rings. The maximum Gasteiger partial charge on any atom is 0.104 e. The lowest BCUT2D eigenvalue weighted by atomic mass is 10.1. The van der Waals surface area contributed by atoms with E-state index in [1.807, 2.05) is 13.8 Å². The van der Waals surface area contributed by atoms with Gasteiger partial charge in [0, 0.05) is 5.56 Å². The summed E-state index contributed by atoms with van der Waals surface area (Å²) >= 11 is 0. The molecule has 0 spiro atoms. The van der Waals surface area contributed by atoms with E-state index >= 15 is 0 Å². The smallest absolute Gasteiger partial charge is 0.104 e. The van der Waals surface area contributed by atoms with Gasteiger partial charge in [-0.05, 0) is 12.0 Å². The van der Waals surface area contributed by atoms with E-state index in [0.717, 1.165) is 17.4 Å². The molecule has 0 radical (unpaired) electrons. The Morgan fingerprint density at radius 1 is 0.867 bits per heavy atom. The average Bonchev–Trinajstić information content (AvgIpc) is 2.20.